The fraction of sp³-hybridized carbons (Fsp3) is 0.333. The minimum absolute atomic E-state index is 0.0387. The molecule has 2 aromatic rings. The maximum atomic E-state index is 13.4. The molecule has 2 aromatic carbocycles. The number of rotatable bonds is 7. The van der Waals surface area contributed by atoms with E-state index in [2.05, 4.69) is 6.07 Å². The van der Waals surface area contributed by atoms with Crippen LogP contribution in [0.5, 0.6) is 5.75 Å². The molecule has 2 heterocycles. The first-order valence-corrected chi connectivity index (χ1v) is 10.2. The van der Waals surface area contributed by atoms with Crippen molar-refractivity contribution in [3.63, 3.8) is 0 Å². The number of hydrogen-bond acceptors (Lipinski definition) is 5. The molecular weight excluding hydrogens is 380 g/mol. The zero-order valence-electron chi connectivity index (χ0n) is 17.6. The molecule has 0 aliphatic carbocycles. The number of anilines is 1. The van der Waals surface area contributed by atoms with Gasteiger partial charge in [-0.1, -0.05) is 30.3 Å². The number of fused-ring (bicyclic) bond motifs is 1. The number of hydrogen-bond donors (Lipinski definition) is 0. The van der Waals surface area contributed by atoms with Crippen molar-refractivity contribution >= 4 is 23.1 Å². The van der Waals surface area contributed by atoms with Crippen LogP contribution < -0.4 is 9.64 Å². The fourth-order valence-corrected chi connectivity index (χ4v) is 3.98. The number of amides is 2. The van der Waals surface area contributed by atoms with Crippen molar-refractivity contribution in [1.82, 2.24) is 4.90 Å². The Hall–Kier alpha value is -3.12. The van der Waals surface area contributed by atoms with Gasteiger partial charge in [0.25, 0.3) is 11.8 Å². The number of para-hydroxylation sites is 1. The molecule has 0 saturated carbocycles. The summed E-state index contributed by atoms with van der Waals surface area (Å²) in [5, 5.41) is 0. The lowest BCUT2D eigenvalue weighted by atomic mass is 10.0. The Bertz CT molecular complexity index is 995. The number of imide groups is 1. The van der Waals surface area contributed by atoms with Crippen LogP contribution >= 0.6 is 0 Å². The molecule has 30 heavy (non-hydrogen) atoms. The van der Waals surface area contributed by atoms with E-state index in [1.54, 1.807) is 19.2 Å². The van der Waals surface area contributed by atoms with Crippen molar-refractivity contribution in [2.75, 3.05) is 31.7 Å². The van der Waals surface area contributed by atoms with Gasteiger partial charge in [0, 0.05) is 12.2 Å². The summed E-state index contributed by atoms with van der Waals surface area (Å²) < 4.78 is 10.8. The lowest BCUT2D eigenvalue weighted by molar-refractivity contribution is -0.138. The summed E-state index contributed by atoms with van der Waals surface area (Å²) in [6.07, 6.45) is 0.879. The molecule has 156 valence electrons. The van der Waals surface area contributed by atoms with E-state index in [1.165, 1.54) is 10.5 Å². The molecule has 0 radical (unpaired) electrons. The van der Waals surface area contributed by atoms with Crippen molar-refractivity contribution in [3.8, 4) is 5.75 Å². The van der Waals surface area contributed by atoms with E-state index in [-0.39, 0.29) is 24.5 Å². The number of methoxy groups -OCH3 is 1. The second kappa shape index (κ2) is 8.32. The Labute approximate surface area is 176 Å². The largest absolute Gasteiger partial charge is 0.497 e. The van der Waals surface area contributed by atoms with Gasteiger partial charge in [0.05, 0.1) is 31.9 Å². The number of carbonyl (C=O) groups excluding carboxylic acids is 2. The second-order valence-electron chi connectivity index (χ2n) is 7.66. The smallest absolute Gasteiger partial charge is 0.278 e. The summed E-state index contributed by atoms with van der Waals surface area (Å²) >= 11 is 0. The van der Waals surface area contributed by atoms with Gasteiger partial charge in [-0.15, -0.1) is 0 Å². The third-order valence-electron chi connectivity index (χ3n) is 5.45. The van der Waals surface area contributed by atoms with Gasteiger partial charge in [0.15, 0.2) is 0 Å². The molecule has 6 heteroatoms. The van der Waals surface area contributed by atoms with Crippen LogP contribution in [0.4, 0.5) is 5.69 Å². The average Bonchev–Trinajstić information content (AvgIpc) is 3.27. The Morgan fingerprint density at radius 3 is 2.43 bits per heavy atom. The van der Waals surface area contributed by atoms with E-state index in [0.717, 1.165) is 12.1 Å². The molecule has 0 fully saturated rings. The lowest BCUT2D eigenvalue weighted by Gasteiger charge is -2.22. The highest BCUT2D eigenvalue weighted by atomic mass is 16.5. The Balaban J connectivity index is 1.75. The van der Waals surface area contributed by atoms with Crippen molar-refractivity contribution in [3.05, 3.63) is 65.4 Å². The first kappa shape index (κ1) is 20.2. The molecule has 0 bridgehead atoms. The highest BCUT2D eigenvalue weighted by molar-refractivity contribution is 6.36. The van der Waals surface area contributed by atoms with Gasteiger partial charge < -0.3 is 14.4 Å². The third kappa shape index (κ3) is 3.59. The van der Waals surface area contributed by atoms with Crippen LogP contribution in [0.1, 0.15) is 25.0 Å². The molecule has 6 nitrogen and oxygen atoms in total. The maximum absolute atomic E-state index is 13.4. The van der Waals surface area contributed by atoms with E-state index < -0.39 is 0 Å². The van der Waals surface area contributed by atoms with Crippen LogP contribution in [0.15, 0.2) is 54.2 Å². The molecule has 0 aromatic heterocycles. The van der Waals surface area contributed by atoms with E-state index in [1.807, 2.05) is 49.1 Å². The number of carbonyl (C=O) groups is 2. The zero-order valence-corrected chi connectivity index (χ0v) is 17.6. The van der Waals surface area contributed by atoms with E-state index in [4.69, 9.17) is 9.47 Å². The van der Waals surface area contributed by atoms with Crippen LogP contribution in [0.2, 0.25) is 0 Å². The van der Waals surface area contributed by atoms with Gasteiger partial charge in [0.2, 0.25) is 0 Å². The summed E-state index contributed by atoms with van der Waals surface area (Å²) in [5.74, 6) is 0.151. The van der Waals surface area contributed by atoms with Crippen LogP contribution in [-0.4, -0.2) is 49.6 Å². The van der Waals surface area contributed by atoms with Crippen LogP contribution in [0.25, 0.3) is 5.57 Å². The van der Waals surface area contributed by atoms with E-state index in [9.17, 15) is 9.59 Å². The lowest BCUT2D eigenvalue weighted by Crippen LogP contribution is -2.37. The summed E-state index contributed by atoms with van der Waals surface area (Å²) in [6, 6.07) is 15.3. The van der Waals surface area contributed by atoms with Crippen molar-refractivity contribution in [2.45, 2.75) is 26.4 Å². The molecule has 2 aliphatic heterocycles. The number of benzene rings is 2. The third-order valence-corrected chi connectivity index (χ3v) is 5.45. The first-order valence-electron chi connectivity index (χ1n) is 10.2. The highest BCUT2D eigenvalue weighted by Gasteiger charge is 2.43. The molecule has 0 saturated heterocycles. The zero-order chi connectivity index (χ0) is 21.3. The Kier molecular flexibility index (Phi) is 5.59. The van der Waals surface area contributed by atoms with Crippen molar-refractivity contribution in [1.29, 1.82) is 0 Å². The van der Waals surface area contributed by atoms with Crippen LogP contribution in [0, 0.1) is 0 Å². The molecular formula is C24H26N2O4. The standard InChI is InChI=1S/C24H26N2O4/c1-16(2)30-15-14-26-23(27)21(18-8-10-19(29-3)11-9-18)22(24(26)28)25-13-12-17-6-4-5-7-20(17)25/h4-11,16H,12-15H2,1-3H3. The van der Waals surface area contributed by atoms with Gasteiger partial charge in [-0.3, -0.25) is 14.5 Å². The summed E-state index contributed by atoms with van der Waals surface area (Å²) in [6.45, 7) is 5.08. The predicted molar refractivity (Wildman–Crippen MR) is 115 cm³/mol. The minimum Gasteiger partial charge on any atom is -0.497 e. The fourth-order valence-electron chi connectivity index (χ4n) is 3.98. The van der Waals surface area contributed by atoms with Gasteiger partial charge in [-0.2, -0.15) is 0 Å². The first-order chi connectivity index (χ1) is 14.5. The maximum Gasteiger partial charge on any atom is 0.278 e. The van der Waals surface area contributed by atoms with Gasteiger partial charge in [-0.25, -0.2) is 0 Å². The topological polar surface area (TPSA) is 59.1 Å². The second-order valence-corrected chi connectivity index (χ2v) is 7.66. The Morgan fingerprint density at radius 2 is 1.73 bits per heavy atom. The quantitative estimate of drug-likeness (QED) is 0.661. The highest BCUT2D eigenvalue weighted by Crippen LogP contribution is 2.38. The summed E-state index contributed by atoms with van der Waals surface area (Å²) in [5.41, 5.74) is 3.75. The monoisotopic (exact) mass is 406 g/mol. The molecule has 0 spiro atoms. The molecule has 0 unspecified atom stereocenters. The molecule has 0 N–H and O–H groups in total. The van der Waals surface area contributed by atoms with Crippen LogP contribution in [-0.2, 0) is 20.7 Å². The number of ether oxygens (including phenoxy) is 2. The minimum atomic E-state index is -0.281. The summed E-state index contributed by atoms with van der Waals surface area (Å²) in [4.78, 5) is 30.1. The predicted octanol–water partition coefficient (Wildman–Crippen LogP) is 3.26. The van der Waals surface area contributed by atoms with Crippen molar-refractivity contribution in [2.24, 2.45) is 0 Å². The molecule has 2 aliphatic rings. The van der Waals surface area contributed by atoms with Crippen LogP contribution in [0.3, 0.4) is 0 Å². The number of nitrogens with zero attached hydrogens (tertiary/aromatic N) is 2. The van der Waals surface area contributed by atoms with E-state index in [0.29, 0.717) is 35.7 Å². The average molecular weight is 406 g/mol. The van der Waals surface area contributed by atoms with Gasteiger partial charge in [-0.05, 0) is 49.6 Å². The van der Waals surface area contributed by atoms with E-state index >= 15 is 0 Å². The molecule has 4 rings (SSSR count). The Morgan fingerprint density at radius 1 is 1.00 bits per heavy atom. The molecule has 0 atom stereocenters. The SMILES string of the molecule is COc1ccc(C2=C(N3CCc4ccccc43)C(=O)N(CCOC(C)C)C2=O)cc1. The summed E-state index contributed by atoms with van der Waals surface area (Å²) in [7, 11) is 1.60. The normalized spacial score (nSPS) is 16.1. The van der Waals surface area contributed by atoms with Gasteiger partial charge in [0.1, 0.15) is 11.4 Å². The van der Waals surface area contributed by atoms with Crippen molar-refractivity contribution < 1.29 is 19.1 Å². The van der Waals surface area contributed by atoms with Gasteiger partial charge >= 0.3 is 0 Å². The molecule has 2 amide bonds.